The molecule has 0 atom stereocenters. The summed E-state index contributed by atoms with van der Waals surface area (Å²) in [6.07, 6.45) is 7.72. The van der Waals surface area contributed by atoms with Crippen molar-refractivity contribution in [2.75, 3.05) is 51.8 Å². The third-order valence-electron chi connectivity index (χ3n) is 5.73. The van der Waals surface area contributed by atoms with Crippen molar-refractivity contribution in [3.05, 3.63) is 29.7 Å². The van der Waals surface area contributed by atoms with Crippen LogP contribution in [-0.2, 0) is 0 Å². The summed E-state index contributed by atoms with van der Waals surface area (Å²) in [6, 6.07) is 6.57. The molecule has 1 aromatic heterocycles. The van der Waals surface area contributed by atoms with Crippen molar-refractivity contribution in [3.63, 3.8) is 0 Å². The molecule has 2 aliphatic heterocycles. The fourth-order valence-corrected chi connectivity index (χ4v) is 4.14. The van der Waals surface area contributed by atoms with Crippen LogP contribution in [0.2, 0.25) is 0 Å². The Morgan fingerprint density at radius 1 is 1.17 bits per heavy atom. The van der Waals surface area contributed by atoms with Crippen LogP contribution >= 0.6 is 0 Å². The number of ether oxygens (including phenoxy) is 2. The molecule has 0 amide bonds. The Kier molecular flexibility index (Phi) is 9.22. The molecule has 0 spiro atoms. The summed E-state index contributed by atoms with van der Waals surface area (Å²) in [6.45, 7) is 6.15. The van der Waals surface area contributed by atoms with Gasteiger partial charge in [-0.1, -0.05) is 12.8 Å². The number of methoxy groups -OCH3 is 1. The molecule has 2 aromatic rings. The molecular weight excluding hydrogens is 493 g/mol. The molecule has 7 heteroatoms. The fraction of sp³-hybridized carbons (Fsp3) is 0.591. The second-order valence-electron chi connectivity index (χ2n) is 7.72. The van der Waals surface area contributed by atoms with Crippen molar-refractivity contribution >= 4 is 16.6 Å². The number of fused-ring (bicyclic) bond motifs is 1. The second kappa shape index (κ2) is 11.6. The van der Waals surface area contributed by atoms with Gasteiger partial charge in [0.15, 0.2) is 11.5 Å². The van der Waals surface area contributed by atoms with E-state index in [0.29, 0.717) is 12.6 Å². The summed E-state index contributed by atoms with van der Waals surface area (Å²) in [5, 5.41) is 9.19. The second-order valence-corrected chi connectivity index (χ2v) is 7.72. The molecule has 0 aliphatic carbocycles. The number of piperidine rings is 1. The van der Waals surface area contributed by atoms with Crippen LogP contribution in [0.5, 0.6) is 11.5 Å². The summed E-state index contributed by atoms with van der Waals surface area (Å²) < 4.78 is 11.7. The van der Waals surface area contributed by atoms with Gasteiger partial charge in [-0.2, -0.15) is 0 Å². The Hall–Kier alpha value is -0.686. The van der Waals surface area contributed by atoms with Gasteiger partial charge in [0, 0.05) is 77.2 Å². The van der Waals surface area contributed by atoms with Gasteiger partial charge in [-0.3, -0.25) is 4.98 Å². The number of hydrogen-bond acceptors (Lipinski definition) is 5. The van der Waals surface area contributed by atoms with Crippen molar-refractivity contribution in [2.24, 2.45) is 0 Å². The molecule has 2 fully saturated rings. The molecule has 1 N–H and O–H groups in total. The van der Waals surface area contributed by atoms with Crippen LogP contribution in [0.15, 0.2) is 24.4 Å². The maximum absolute atomic E-state index is 6.06. The van der Waals surface area contributed by atoms with E-state index in [0.717, 1.165) is 67.0 Å². The van der Waals surface area contributed by atoms with Crippen LogP contribution in [0.3, 0.4) is 0 Å². The van der Waals surface area contributed by atoms with Gasteiger partial charge >= 0.3 is 0 Å². The van der Waals surface area contributed by atoms with Crippen LogP contribution in [0.4, 0.5) is 5.69 Å². The Bertz CT molecular complexity index is 777. The number of likely N-dealkylation sites (tertiary alicyclic amines) is 1. The molecule has 0 bridgehead atoms. The van der Waals surface area contributed by atoms with Gasteiger partial charge in [-0.25, -0.2) is 0 Å². The van der Waals surface area contributed by atoms with Crippen LogP contribution in [0.25, 0.3) is 16.2 Å². The predicted octanol–water partition coefficient (Wildman–Crippen LogP) is 4.06. The molecule has 0 unspecified atom stereocenters. The zero-order valence-corrected chi connectivity index (χ0v) is 21.1. The first-order valence-corrected chi connectivity index (χ1v) is 10.5. The van der Waals surface area contributed by atoms with Gasteiger partial charge in [-0.15, -0.1) is 13.1 Å². The molecule has 4 rings (SSSR count). The minimum absolute atomic E-state index is 0. The number of pyridine rings is 1. The van der Waals surface area contributed by atoms with Crippen LogP contribution in [0, 0.1) is 41.3 Å². The van der Waals surface area contributed by atoms with Crippen molar-refractivity contribution in [1.29, 1.82) is 0 Å². The fourth-order valence-electron chi connectivity index (χ4n) is 4.14. The molecular formula is C22H31N4O2Pr-. The molecule has 3 heterocycles. The third kappa shape index (κ3) is 6.16. The van der Waals surface area contributed by atoms with E-state index in [1.54, 1.807) is 7.11 Å². The van der Waals surface area contributed by atoms with E-state index in [2.05, 4.69) is 20.5 Å². The van der Waals surface area contributed by atoms with Crippen molar-refractivity contribution in [1.82, 2.24) is 9.88 Å². The Morgan fingerprint density at radius 3 is 2.72 bits per heavy atom. The number of hydrogen-bond donors (Lipinski definition) is 1. The van der Waals surface area contributed by atoms with E-state index in [-0.39, 0.29) is 41.3 Å². The largest absolute Gasteiger partial charge is 0.662 e. The monoisotopic (exact) mass is 524 g/mol. The molecule has 0 saturated carbocycles. The van der Waals surface area contributed by atoms with E-state index < -0.39 is 0 Å². The molecule has 29 heavy (non-hydrogen) atoms. The standard InChI is InChI=1S/C22H31N4O2.Pr/c1-27-21-15-18-19(25-17-5-8-23-9-6-17)7-10-24-20(18)16-22(21)28-14-4-13-26-11-2-3-12-26;/h7,10,15-17H,2-6,8-9,11-14H2,1H3,(H,24,25);/q-1;. The van der Waals surface area contributed by atoms with E-state index in [1.807, 2.05) is 24.4 Å². The van der Waals surface area contributed by atoms with Gasteiger partial charge in [0.05, 0.1) is 19.2 Å². The normalized spacial score (nSPS) is 17.8. The number of nitrogens with one attached hydrogen (secondary N) is 1. The number of rotatable bonds is 8. The first-order valence-electron chi connectivity index (χ1n) is 10.5. The summed E-state index contributed by atoms with van der Waals surface area (Å²) in [5.74, 6) is 1.54. The Labute approximate surface area is 207 Å². The molecule has 2 aliphatic rings. The molecule has 1 radical (unpaired) electrons. The number of anilines is 1. The molecule has 1 aromatic carbocycles. The van der Waals surface area contributed by atoms with Crippen LogP contribution in [0.1, 0.15) is 32.1 Å². The van der Waals surface area contributed by atoms with Crippen molar-refractivity contribution in [3.8, 4) is 11.5 Å². The maximum Gasteiger partial charge on any atom is 0.163 e. The smallest absolute Gasteiger partial charge is 0.163 e. The number of nitrogens with zero attached hydrogens (tertiary/aromatic N) is 3. The zero-order valence-electron chi connectivity index (χ0n) is 17.4. The molecule has 6 nitrogen and oxygen atoms in total. The number of benzene rings is 1. The van der Waals surface area contributed by atoms with Crippen molar-refractivity contribution < 1.29 is 50.8 Å². The number of aromatic nitrogens is 1. The topological polar surface area (TPSA) is 60.7 Å². The van der Waals surface area contributed by atoms with E-state index in [4.69, 9.17) is 9.47 Å². The predicted molar refractivity (Wildman–Crippen MR) is 114 cm³/mol. The summed E-state index contributed by atoms with van der Waals surface area (Å²) in [7, 11) is 1.70. The SMILES string of the molecule is COc1cc2c(NC3CC[N-]CC3)ccnc2cc1OCCCN1CCCC1.[Pr]. The summed E-state index contributed by atoms with van der Waals surface area (Å²) >= 11 is 0. The minimum Gasteiger partial charge on any atom is -0.662 e. The average molecular weight is 524 g/mol. The van der Waals surface area contributed by atoms with E-state index in [9.17, 15) is 0 Å². The molecule has 155 valence electrons. The van der Waals surface area contributed by atoms with Gasteiger partial charge in [0.2, 0.25) is 0 Å². The van der Waals surface area contributed by atoms with E-state index in [1.165, 1.54) is 25.9 Å². The van der Waals surface area contributed by atoms with Crippen molar-refractivity contribution in [2.45, 2.75) is 38.1 Å². The van der Waals surface area contributed by atoms with Gasteiger partial charge in [0.25, 0.3) is 0 Å². The zero-order chi connectivity index (χ0) is 19.2. The molecule has 2 saturated heterocycles. The van der Waals surface area contributed by atoms with Gasteiger partial charge in [0.1, 0.15) is 0 Å². The first kappa shape index (κ1) is 23.0. The first-order chi connectivity index (χ1) is 13.8. The summed E-state index contributed by atoms with van der Waals surface area (Å²) in [4.78, 5) is 7.07. The Balaban J connectivity index is 0.00000240. The van der Waals surface area contributed by atoms with E-state index >= 15 is 0 Å². The van der Waals surface area contributed by atoms with Crippen LogP contribution in [-0.4, -0.2) is 62.4 Å². The van der Waals surface area contributed by atoms with Gasteiger partial charge in [-0.05, 0) is 44.5 Å². The quantitative estimate of drug-likeness (QED) is 0.528. The average Bonchev–Trinajstić information content (AvgIpc) is 3.25. The summed E-state index contributed by atoms with van der Waals surface area (Å²) in [5.41, 5.74) is 2.04. The maximum atomic E-state index is 6.06. The Morgan fingerprint density at radius 2 is 1.97 bits per heavy atom. The van der Waals surface area contributed by atoms with Gasteiger partial charge < -0.3 is 25.0 Å². The van der Waals surface area contributed by atoms with Crippen LogP contribution < -0.4 is 14.8 Å². The minimum atomic E-state index is 0. The third-order valence-corrected chi connectivity index (χ3v) is 5.73.